The van der Waals surface area contributed by atoms with Crippen LogP contribution in [0.4, 0.5) is 0 Å². The average molecular weight is 157 g/mol. The first-order valence-electron chi connectivity index (χ1n) is 4.30. The van der Waals surface area contributed by atoms with Crippen LogP contribution >= 0.6 is 0 Å². The van der Waals surface area contributed by atoms with Crippen molar-refractivity contribution in [2.45, 2.75) is 18.4 Å². The van der Waals surface area contributed by atoms with E-state index in [9.17, 15) is 5.11 Å². The van der Waals surface area contributed by atoms with Gasteiger partial charge in [-0.3, -0.25) is 0 Å². The van der Waals surface area contributed by atoms with Crippen LogP contribution in [0.1, 0.15) is 12.8 Å². The highest BCUT2D eigenvalue weighted by atomic mass is 16.3. The van der Waals surface area contributed by atoms with Crippen molar-refractivity contribution in [3.8, 4) is 0 Å². The van der Waals surface area contributed by atoms with Gasteiger partial charge in [0.1, 0.15) is 5.60 Å². The number of fused-ring (bicyclic) bond motifs is 3. The van der Waals surface area contributed by atoms with Crippen molar-refractivity contribution in [2.75, 3.05) is 26.2 Å². The molecule has 3 fully saturated rings. The molecule has 0 amide bonds. The lowest BCUT2D eigenvalue weighted by Crippen LogP contribution is -2.60. The molecule has 0 aliphatic carbocycles. The summed E-state index contributed by atoms with van der Waals surface area (Å²) >= 11 is 0. The third-order valence-electron chi connectivity index (χ3n) is 3.12. The van der Waals surface area contributed by atoms with Gasteiger partial charge in [-0.25, -0.2) is 0 Å². The third kappa shape index (κ3) is 1.08. The van der Waals surface area contributed by atoms with E-state index in [0.717, 1.165) is 25.9 Å². The van der Waals surface area contributed by atoms with E-state index in [-0.39, 0.29) is 6.61 Å². The van der Waals surface area contributed by atoms with Gasteiger partial charge in [-0.05, 0) is 31.8 Å². The lowest BCUT2D eigenvalue weighted by atomic mass is 9.76. The molecule has 3 saturated heterocycles. The molecule has 3 heteroatoms. The van der Waals surface area contributed by atoms with Crippen molar-refractivity contribution < 1.29 is 10.2 Å². The standard InChI is InChI=1S/C8H15NO2/c10-6-8(11)5-9-3-1-7(8)2-4-9/h7,10-11H,1-6H2/t8-/m1/s1. The van der Waals surface area contributed by atoms with E-state index in [1.807, 2.05) is 0 Å². The van der Waals surface area contributed by atoms with E-state index in [4.69, 9.17) is 5.11 Å². The van der Waals surface area contributed by atoms with E-state index >= 15 is 0 Å². The smallest absolute Gasteiger partial charge is 0.103 e. The molecule has 3 aliphatic rings. The summed E-state index contributed by atoms with van der Waals surface area (Å²) in [7, 11) is 0. The van der Waals surface area contributed by atoms with Gasteiger partial charge in [0.2, 0.25) is 0 Å². The molecular formula is C8H15NO2. The Morgan fingerprint density at radius 2 is 2.00 bits per heavy atom. The SMILES string of the molecule is OC[C@]1(O)CN2CCC1CC2. The number of hydrogen-bond acceptors (Lipinski definition) is 3. The molecule has 0 radical (unpaired) electrons. The fraction of sp³-hybridized carbons (Fsp3) is 1.00. The lowest BCUT2D eigenvalue weighted by molar-refractivity contribution is -0.136. The Kier molecular flexibility index (Phi) is 1.67. The molecule has 11 heavy (non-hydrogen) atoms. The summed E-state index contributed by atoms with van der Waals surface area (Å²) < 4.78 is 0. The van der Waals surface area contributed by atoms with Gasteiger partial charge in [0, 0.05) is 6.54 Å². The van der Waals surface area contributed by atoms with Crippen molar-refractivity contribution in [2.24, 2.45) is 5.92 Å². The largest absolute Gasteiger partial charge is 0.393 e. The summed E-state index contributed by atoms with van der Waals surface area (Å²) in [5.41, 5.74) is -0.781. The Hall–Kier alpha value is -0.120. The topological polar surface area (TPSA) is 43.7 Å². The number of rotatable bonds is 1. The van der Waals surface area contributed by atoms with Crippen molar-refractivity contribution >= 4 is 0 Å². The normalized spacial score (nSPS) is 49.6. The van der Waals surface area contributed by atoms with E-state index in [2.05, 4.69) is 4.90 Å². The predicted molar refractivity (Wildman–Crippen MR) is 41.2 cm³/mol. The molecule has 2 N–H and O–H groups in total. The van der Waals surface area contributed by atoms with Crippen molar-refractivity contribution in [1.82, 2.24) is 4.90 Å². The fourth-order valence-electron chi connectivity index (χ4n) is 2.32. The molecule has 0 aromatic carbocycles. The van der Waals surface area contributed by atoms with Crippen molar-refractivity contribution in [3.63, 3.8) is 0 Å². The van der Waals surface area contributed by atoms with Gasteiger partial charge in [-0.2, -0.15) is 0 Å². The van der Waals surface area contributed by atoms with Crippen LogP contribution in [0.25, 0.3) is 0 Å². The minimum absolute atomic E-state index is 0.0752. The summed E-state index contributed by atoms with van der Waals surface area (Å²) in [6.45, 7) is 2.81. The summed E-state index contributed by atoms with van der Waals surface area (Å²) in [6.07, 6.45) is 2.11. The summed E-state index contributed by atoms with van der Waals surface area (Å²) in [5, 5.41) is 18.9. The molecular weight excluding hydrogens is 142 g/mol. The molecule has 0 aromatic heterocycles. The minimum atomic E-state index is -0.781. The highest BCUT2D eigenvalue weighted by Gasteiger charge is 2.44. The molecule has 3 heterocycles. The zero-order chi connectivity index (χ0) is 7.90. The number of aliphatic hydroxyl groups is 2. The maximum Gasteiger partial charge on any atom is 0.103 e. The van der Waals surface area contributed by atoms with Crippen LogP contribution in [0.5, 0.6) is 0 Å². The highest BCUT2D eigenvalue weighted by molar-refractivity contribution is 4.97. The van der Waals surface area contributed by atoms with Gasteiger partial charge in [0.05, 0.1) is 6.61 Å². The van der Waals surface area contributed by atoms with Crippen LogP contribution in [0.15, 0.2) is 0 Å². The first kappa shape index (κ1) is 7.53. The van der Waals surface area contributed by atoms with E-state index in [1.54, 1.807) is 0 Å². The molecule has 0 saturated carbocycles. The first-order valence-corrected chi connectivity index (χ1v) is 4.30. The molecule has 0 unspecified atom stereocenters. The van der Waals surface area contributed by atoms with Gasteiger partial charge in [0.15, 0.2) is 0 Å². The van der Waals surface area contributed by atoms with E-state index in [1.165, 1.54) is 0 Å². The molecule has 0 aromatic rings. The van der Waals surface area contributed by atoms with Gasteiger partial charge in [0.25, 0.3) is 0 Å². The van der Waals surface area contributed by atoms with Crippen LogP contribution in [-0.4, -0.2) is 47.0 Å². The average Bonchev–Trinajstić information content (AvgIpc) is 2.06. The Bertz CT molecular complexity index is 154. The number of aliphatic hydroxyl groups excluding tert-OH is 1. The zero-order valence-electron chi connectivity index (χ0n) is 6.66. The maximum atomic E-state index is 9.88. The highest BCUT2D eigenvalue weighted by Crippen LogP contribution is 2.34. The quantitative estimate of drug-likeness (QED) is 0.536. The first-order chi connectivity index (χ1) is 5.24. The van der Waals surface area contributed by atoms with Crippen molar-refractivity contribution in [1.29, 1.82) is 0 Å². The van der Waals surface area contributed by atoms with Crippen LogP contribution in [0.2, 0.25) is 0 Å². The summed E-state index contributed by atoms with van der Waals surface area (Å²) in [6, 6.07) is 0. The number of piperidine rings is 3. The molecule has 3 nitrogen and oxygen atoms in total. The molecule has 0 spiro atoms. The Morgan fingerprint density at radius 3 is 2.27 bits per heavy atom. The maximum absolute atomic E-state index is 9.88. The third-order valence-corrected chi connectivity index (χ3v) is 3.12. The molecule has 1 atom stereocenters. The van der Waals surface area contributed by atoms with Gasteiger partial charge >= 0.3 is 0 Å². The van der Waals surface area contributed by atoms with E-state index in [0.29, 0.717) is 12.5 Å². The molecule has 2 bridgehead atoms. The Balaban J connectivity index is 2.13. The van der Waals surface area contributed by atoms with Crippen LogP contribution in [-0.2, 0) is 0 Å². The Morgan fingerprint density at radius 1 is 1.36 bits per heavy atom. The summed E-state index contributed by atoms with van der Waals surface area (Å²) in [5.74, 6) is 0.345. The summed E-state index contributed by atoms with van der Waals surface area (Å²) in [4.78, 5) is 2.23. The number of nitrogens with zero attached hydrogens (tertiary/aromatic N) is 1. The molecule has 64 valence electrons. The second-order valence-electron chi connectivity index (χ2n) is 3.81. The van der Waals surface area contributed by atoms with Gasteiger partial charge in [-0.15, -0.1) is 0 Å². The fourth-order valence-corrected chi connectivity index (χ4v) is 2.32. The second kappa shape index (κ2) is 2.44. The Labute approximate surface area is 66.6 Å². The van der Waals surface area contributed by atoms with Crippen molar-refractivity contribution in [3.05, 3.63) is 0 Å². The second-order valence-corrected chi connectivity index (χ2v) is 3.81. The van der Waals surface area contributed by atoms with Crippen LogP contribution < -0.4 is 0 Å². The van der Waals surface area contributed by atoms with E-state index < -0.39 is 5.60 Å². The molecule has 3 rings (SSSR count). The monoisotopic (exact) mass is 157 g/mol. The van der Waals surface area contributed by atoms with Crippen LogP contribution in [0.3, 0.4) is 0 Å². The molecule has 3 aliphatic heterocycles. The minimum Gasteiger partial charge on any atom is -0.393 e. The van der Waals surface area contributed by atoms with Gasteiger partial charge in [-0.1, -0.05) is 0 Å². The number of hydrogen-bond donors (Lipinski definition) is 2. The van der Waals surface area contributed by atoms with Crippen LogP contribution in [0, 0.1) is 5.92 Å². The zero-order valence-corrected chi connectivity index (χ0v) is 6.66. The predicted octanol–water partition coefficient (Wildman–Crippen LogP) is -0.565. The van der Waals surface area contributed by atoms with Gasteiger partial charge < -0.3 is 15.1 Å². The lowest BCUT2D eigenvalue weighted by Gasteiger charge is -2.49.